The third kappa shape index (κ3) is 3.98. The number of likely N-dealkylation sites (tertiary alicyclic amines) is 1. The van der Waals surface area contributed by atoms with Crippen molar-refractivity contribution >= 4 is 5.97 Å². The Hall–Kier alpha value is -1.43. The maximum Gasteiger partial charge on any atom is 0.303 e. The molecule has 3 fully saturated rings. The molecule has 0 saturated carbocycles. The van der Waals surface area contributed by atoms with Crippen molar-refractivity contribution in [3.8, 4) is 0 Å². The quantitative estimate of drug-likeness (QED) is 0.594. The van der Waals surface area contributed by atoms with Crippen LogP contribution in [0.1, 0.15) is 56.1 Å². The first-order valence-electron chi connectivity index (χ1n) is 11.1. The summed E-state index contributed by atoms with van der Waals surface area (Å²) in [6, 6.07) is 9.35. The number of aliphatic carboxylic acids is 1. The smallest absolute Gasteiger partial charge is 0.303 e. The molecular formula is C23H34N2O3. The molecule has 0 radical (unpaired) electrons. The second-order valence-corrected chi connectivity index (χ2v) is 9.37. The van der Waals surface area contributed by atoms with Crippen LogP contribution in [0.15, 0.2) is 24.3 Å². The Morgan fingerprint density at radius 1 is 1.21 bits per heavy atom. The third-order valence-electron chi connectivity index (χ3n) is 7.48. The molecule has 1 N–H and O–H groups in total. The van der Waals surface area contributed by atoms with E-state index in [-0.39, 0.29) is 17.1 Å². The SMILES string of the molecule is Cc1ccc(CN2C[C@@H]3CCC[N+]4([O-])CCC[C@H](C2CCCC(=O)O)[C@H]34)cc1. The summed E-state index contributed by atoms with van der Waals surface area (Å²) in [5.41, 5.74) is 2.59. The maximum absolute atomic E-state index is 13.6. The lowest BCUT2D eigenvalue weighted by atomic mass is 9.68. The minimum absolute atomic E-state index is 0.0309. The van der Waals surface area contributed by atoms with Crippen LogP contribution in [-0.2, 0) is 11.3 Å². The Bertz CT molecular complexity index is 688. The van der Waals surface area contributed by atoms with Gasteiger partial charge in [-0.3, -0.25) is 9.69 Å². The fourth-order valence-corrected chi connectivity index (χ4v) is 6.35. The topological polar surface area (TPSA) is 63.6 Å². The Morgan fingerprint density at radius 2 is 1.93 bits per heavy atom. The van der Waals surface area contributed by atoms with Crippen LogP contribution in [0, 0.1) is 24.0 Å². The van der Waals surface area contributed by atoms with E-state index in [1.165, 1.54) is 17.5 Å². The van der Waals surface area contributed by atoms with Gasteiger partial charge in [-0.2, -0.15) is 0 Å². The lowest BCUT2D eigenvalue weighted by molar-refractivity contribution is -0.926. The number of quaternary nitrogens is 1. The molecule has 0 aromatic heterocycles. The molecule has 5 heteroatoms. The summed E-state index contributed by atoms with van der Waals surface area (Å²) in [7, 11) is 0. The molecule has 154 valence electrons. The van der Waals surface area contributed by atoms with Crippen molar-refractivity contribution in [1.82, 2.24) is 4.90 Å². The number of carboxylic acid groups (broad SMARTS) is 1. The molecule has 1 aromatic carbocycles. The van der Waals surface area contributed by atoms with E-state index in [0.29, 0.717) is 24.3 Å². The molecule has 4 rings (SSSR count). The van der Waals surface area contributed by atoms with Gasteiger partial charge in [-0.05, 0) is 51.0 Å². The summed E-state index contributed by atoms with van der Waals surface area (Å²) in [4.78, 5) is 13.7. The lowest BCUT2D eigenvalue weighted by Gasteiger charge is -2.64. The van der Waals surface area contributed by atoms with Crippen molar-refractivity contribution < 1.29 is 14.5 Å². The van der Waals surface area contributed by atoms with Crippen LogP contribution in [0.4, 0.5) is 0 Å². The van der Waals surface area contributed by atoms with Crippen molar-refractivity contribution in [3.05, 3.63) is 40.6 Å². The number of hydroxylamine groups is 3. The summed E-state index contributed by atoms with van der Waals surface area (Å²) in [6.45, 7) is 5.60. The van der Waals surface area contributed by atoms with E-state index in [9.17, 15) is 10.0 Å². The van der Waals surface area contributed by atoms with Gasteiger partial charge in [-0.15, -0.1) is 0 Å². The summed E-state index contributed by atoms with van der Waals surface area (Å²) in [5.74, 6) is 0.205. The molecule has 0 aliphatic carbocycles. The van der Waals surface area contributed by atoms with Crippen molar-refractivity contribution in [1.29, 1.82) is 0 Å². The maximum atomic E-state index is 13.6. The zero-order valence-electron chi connectivity index (χ0n) is 17.1. The van der Waals surface area contributed by atoms with Crippen LogP contribution < -0.4 is 0 Å². The highest BCUT2D eigenvalue weighted by Gasteiger charge is 2.53. The van der Waals surface area contributed by atoms with Crippen LogP contribution in [0.2, 0.25) is 0 Å². The van der Waals surface area contributed by atoms with E-state index in [4.69, 9.17) is 5.11 Å². The number of hydrogen-bond acceptors (Lipinski definition) is 3. The summed E-state index contributed by atoms with van der Waals surface area (Å²) in [6.07, 6.45) is 6.21. The number of piperidine rings is 3. The van der Waals surface area contributed by atoms with Crippen LogP contribution in [0.3, 0.4) is 0 Å². The molecule has 0 bridgehead atoms. The van der Waals surface area contributed by atoms with E-state index < -0.39 is 5.97 Å². The number of benzene rings is 1. The number of aryl methyl sites for hydroxylation is 1. The third-order valence-corrected chi connectivity index (χ3v) is 7.48. The first kappa shape index (κ1) is 19.9. The lowest BCUT2D eigenvalue weighted by Crippen LogP contribution is -2.70. The largest absolute Gasteiger partial charge is 0.633 e. The van der Waals surface area contributed by atoms with E-state index >= 15 is 0 Å². The number of rotatable bonds is 6. The molecule has 1 aromatic rings. The van der Waals surface area contributed by atoms with E-state index in [2.05, 4.69) is 36.1 Å². The standard InChI is InChI=1S/C23H34N2O3/c1-17-9-11-18(12-10-17)15-24-16-19-5-3-13-25(28)14-4-6-20(23(19)25)21(24)7-2-8-22(26)27/h9-12,19-21,23H,2-8,13-16H2,1H3,(H,26,27)/t19-,20+,21?,23-,25?/m0/s1. The molecule has 3 aliphatic rings. The van der Waals surface area contributed by atoms with Gasteiger partial charge in [0.2, 0.25) is 0 Å². The Labute approximate surface area is 168 Å². The zero-order chi connectivity index (χ0) is 19.7. The van der Waals surface area contributed by atoms with Gasteiger partial charge in [0.25, 0.3) is 0 Å². The Kier molecular flexibility index (Phi) is 5.77. The molecular weight excluding hydrogens is 352 g/mol. The molecule has 3 heterocycles. The van der Waals surface area contributed by atoms with Crippen molar-refractivity contribution in [2.24, 2.45) is 11.8 Å². The zero-order valence-corrected chi connectivity index (χ0v) is 17.1. The minimum Gasteiger partial charge on any atom is -0.633 e. The minimum atomic E-state index is -0.714. The number of carbonyl (C=O) groups is 1. The average molecular weight is 387 g/mol. The molecule has 0 spiro atoms. The van der Waals surface area contributed by atoms with Gasteiger partial charge in [0.1, 0.15) is 0 Å². The first-order valence-corrected chi connectivity index (χ1v) is 11.1. The highest BCUT2D eigenvalue weighted by Crippen LogP contribution is 2.47. The molecule has 3 aliphatic heterocycles. The number of carboxylic acids is 1. The molecule has 3 saturated heterocycles. The number of nitrogens with zero attached hydrogens (tertiary/aromatic N) is 2. The molecule has 28 heavy (non-hydrogen) atoms. The fourth-order valence-electron chi connectivity index (χ4n) is 6.35. The second-order valence-electron chi connectivity index (χ2n) is 9.37. The summed E-state index contributed by atoms with van der Waals surface area (Å²) < 4.78 is 0.0309. The van der Waals surface area contributed by atoms with E-state index in [0.717, 1.165) is 51.9 Å². The van der Waals surface area contributed by atoms with Crippen LogP contribution >= 0.6 is 0 Å². The Morgan fingerprint density at radius 3 is 2.64 bits per heavy atom. The van der Waals surface area contributed by atoms with Gasteiger partial charge in [-0.25, -0.2) is 0 Å². The predicted octanol–water partition coefficient (Wildman–Crippen LogP) is 3.94. The normalized spacial score (nSPS) is 35.4. The molecule has 2 unspecified atom stereocenters. The van der Waals surface area contributed by atoms with Crippen LogP contribution in [-0.4, -0.2) is 52.3 Å². The van der Waals surface area contributed by atoms with Crippen LogP contribution in [0.5, 0.6) is 0 Å². The van der Waals surface area contributed by atoms with Crippen molar-refractivity contribution in [3.63, 3.8) is 0 Å². The summed E-state index contributed by atoms with van der Waals surface area (Å²) >= 11 is 0. The van der Waals surface area contributed by atoms with Crippen molar-refractivity contribution in [2.75, 3.05) is 19.6 Å². The van der Waals surface area contributed by atoms with Gasteiger partial charge >= 0.3 is 5.97 Å². The first-order chi connectivity index (χ1) is 13.5. The molecule has 0 amide bonds. The van der Waals surface area contributed by atoms with E-state index in [1.54, 1.807) is 0 Å². The van der Waals surface area contributed by atoms with Crippen molar-refractivity contribution in [2.45, 2.75) is 70.5 Å². The van der Waals surface area contributed by atoms with Gasteiger partial charge in [0.05, 0.1) is 19.1 Å². The van der Waals surface area contributed by atoms with E-state index in [1.807, 2.05) is 0 Å². The van der Waals surface area contributed by atoms with Gasteiger partial charge in [0, 0.05) is 37.4 Å². The monoisotopic (exact) mass is 386 g/mol. The molecule has 5 nitrogen and oxygen atoms in total. The van der Waals surface area contributed by atoms with Gasteiger partial charge in [-0.1, -0.05) is 29.8 Å². The fraction of sp³-hybridized carbons (Fsp3) is 0.696. The summed E-state index contributed by atoms with van der Waals surface area (Å²) in [5, 5.41) is 22.7. The van der Waals surface area contributed by atoms with Gasteiger partial charge < -0.3 is 15.0 Å². The predicted molar refractivity (Wildman–Crippen MR) is 109 cm³/mol. The van der Waals surface area contributed by atoms with Gasteiger partial charge in [0.15, 0.2) is 0 Å². The average Bonchev–Trinajstić information content (AvgIpc) is 2.65. The number of hydrogen-bond donors (Lipinski definition) is 1. The Balaban J connectivity index is 1.57. The van der Waals surface area contributed by atoms with Crippen LogP contribution in [0.25, 0.3) is 0 Å². The molecule has 5 atom stereocenters. The second kappa shape index (κ2) is 8.13. The highest BCUT2D eigenvalue weighted by molar-refractivity contribution is 5.66. The highest BCUT2D eigenvalue weighted by atomic mass is 16.5.